The third-order valence-corrected chi connectivity index (χ3v) is 1.53. The van der Waals surface area contributed by atoms with Crippen molar-refractivity contribution in [2.24, 2.45) is 5.92 Å². The van der Waals surface area contributed by atoms with Crippen LogP contribution >= 0.6 is 0 Å². The fourth-order valence-electron chi connectivity index (χ4n) is 0.824. The molecular formula is C9H15NO2. The van der Waals surface area contributed by atoms with E-state index in [2.05, 4.69) is 11.8 Å². The van der Waals surface area contributed by atoms with Gasteiger partial charge in [0.25, 0.3) is 0 Å². The quantitative estimate of drug-likeness (QED) is 0.628. The van der Waals surface area contributed by atoms with Crippen LogP contribution in [0.3, 0.4) is 0 Å². The van der Waals surface area contributed by atoms with E-state index in [0.29, 0.717) is 13.1 Å². The second-order valence-electron chi connectivity index (χ2n) is 2.86. The second kappa shape index (κ2) is 5.62. The minimum atomic E-state index is -0.758. The maximum Gasteiger partial charge on any atom is 0.307 e. The Hall–Kier alpha value is -1.01. The van der Waals surface area contributed by atoms with Gasteiger partial charge in [0.2, 0.25) is 0 Å². The summed E-state index contributed by atoms with van der Waals surface area (Å²) in [5.41, 5.74) is 0. The molecule has 0 radical (unpaired) electrons. The molecule has 1 unspecified atom stereocenters. The number of carbonyl (C=O) groups is 1. The molecule has 1 atom stereocenters. The van der Waals surface area contributed by atoms with Gasteiger partial charge in [-0.15, -0.1) is 5.92 Å². The summed E-state index contributed by atoms with van der Waals surface area (Å²) in [6.07, 6.45) is 0. The molecule has 0 aromatic heterocycles. The topological polar surface area (TPSA) is 40.5 Å². The zero-order chi connectivity index (χ0) is 9.56. The first-order chi connectivity index (χ1) is 5.57. The first-order valence-corrected chi connectivity index (χ1v) is 3.89. The Morgan fingerprint density at radius 1 is 1.67 bits per heavy atom. The minimum Gasteiger partial charge on any atom is -0.481 e. The number of carboxylic acids is 1. The van der Waals surface area contributed by atoms with Crippen LogP contribution in [0.5, 0.6) is 0 Å². The van der Waals surface area contributed by atoms with Gasteiger partial charge in [-0.2, -0.15) is 0 Å². The van der Waals surface area contributed by atoms with Crippen molar-refractivity contribution in [3.8, 4) is 11.8 Å². The van der Waals surface area contributed by atoms with Gasteiger partial charge in [0.15, 0.2) is 0 Å². The largest absolute Gasteiger partial charge is 0.481 e. The molecule has 3 nitrogen and oxygen atoms in total. The maximum absolute atomic E-state index is 10.4. The zero-order valence-corrected chi connectivity index (χ0v) is 7.79. The number of carboxylic acid groups (broad SMARTS) is 1. The highest BCUT2D eigenvalue weighted by molar-refractivity contribution is 5.69. The van der Waals surface area contributed by atoms with E-state index in [1.807, 2.05) is 11.9 Å². The summed E-state index contributed by atoms with van der Waals surface area (Å²) in [7, 11) is 1.86. The molecule has 0 bridgehead atoms. The molecule has 0 heterocycles. The summed E-state index contributed by atoms with van der Waals surface area (Å²) >= 11 is 0. The Bertz CT molecular complexity index is 202. The standard InChI is InChI=1S/C9H15NO2/c1-4-5-6-10(3)7-8(2)9(11)12/h8H,6-7H2,1-3H3,(H,11,12). The highest BCUT2D eigenvalue weighted by Gasteiger charge is 2.12. The van der Waals surface area contributed by atoms with Crippen molar-refractivity contribution in [2.75, 3.05) is 20.1 Å². The molecule has 0 spiro atoms. The fraction of sp³-hybridized carbons (Fsp3) is 0.667. The van der Waals surface area contributed by atoms with Crippen LogP contribution in [0.25, 0.3) is 0 Å². The molecule has 68 valence electrons. The van der Waals surface area contributed by atoms with Gasteiger partial charge in [-0.3, -0.25) is 9.69 Å². The number of aliphatic carboxylic acids is 1. The van der Waals surface area contributed by atoms with Gasteiger partial charge < -0.3 is 5.11 Å². The van der Waals surface area contributed by atoms with E-state index >= 15 is 0 Å². The molecule has 0 aliphatic carbocycles. The first kappa shape index (κ1) is 11.0. The van der Waals surface area contributed by atoms with Crippen molar-refractivity contribution in [1.29, 1.82) is 0 Å². The van der Waals surface area contributed by atoms with E-state index in [1.165, 1.54) is 0 Å². The van der Waals surface area contributed by atoms with Crippen molar-refractivity contribution in [3.63, 3.8) is 0 Å². The molecule has 0 saturated carbocycles. The van der Waals surface area contributed by atoms with Crippen molar-refractivity contribution < 1.29 is 9.90 Å². The molecule has 0 fully saturated rings. The van der Waals surface area contributed by atoms with E-state index in [1.54, 1.807) is 13.8 Å². The molecule has 0 saturated heterocycles. The van der Waals surface area contributed by atoms with Gasteiger partial charge in [0.1, 0.15) is 0 Å². The molecular weight excluding hydrogens is 154 g/mol. The van der Waals surface area contributed by atoms with E-state index in [-0.39, 0.29) is 5.92 Å². The summed E-state index contributed by atoms with van der Waals surface area (Å²) in [5, 5.41) is 8.59. The lowest BCUT2D eigenvalue weighted by Gasteiger charge is -2.15. The number of nitrogens with zero attached hydrogens (tertiary/aromatic N) is 1. The van der Waals surface area contributed by atoms with Crippen molar-refractivity contribution in [1.82, 2.24) is 4.90 Å². The van der Waals surface area contributed by atoms with Gasteiger partial charge in [0, 0.05) is 6.54 Å². The number of hydrogen-bond acceptors (Lipinski definition) is 2. The summed E-state index contributed by atoms with van der Waals surface area (Å²) < 4.78 is 0. The molecule has 0 aliphatic rings. The van der Waals surface area contributed by atoms with Crippen molar-refractivity contribution in [3.05, 3.63) is 0 Å². The average Bonchev–Trinajstić information content (AvgIpc) is 2.00. The highest BCUT2D eigenvalue weighted by atomic mass is 16.4. The Kier molecular flexibility index (Phi) is 5.14. The Morgan fingerprint density at radius 3 is 2.67 bits per heavy atom. The lowest BCUT2D eigenvalue weighted by atomic mass is 10.2. The predicted molar refractivity (Wildman–Crippen MR) is 47.7 cm³/mol. The van der Waals surface area contributed by atoms with Crippen LogP contribution in [0, 0.1) is 17.8 Å². The van der Waals surface area contributed by atoms with Gasteiger partial charge in [-0.05, 0) is 14.0 Å². The monoisotopic (exact) mass is 169 g/mol. The normalized spacial score (nSPS) is 12.0. The Morgan fingerprint density at radius 2 is 2.25 bits per heavy atom. The van der Waals surface area contributed by atoms with Crippen LogP contribution in [0.2, 0.25) is 0 Å². The smallest absolute Gasteiger partial charge is 0.307 e. The molecule has 0 amide bonds. The summed E-state index contributed by atoms with van der Waals surface area (Å²) in [5.74, 6) is 4.55. The summed E-state index contributed by atoms with van der Waals surface area (Å²) in [6.45, 7) is 4.64. The first-order valence-electron chi connectivity index (χ1n) is 3.89. The molecule has 3 heteroatoms. The van der Waals surface area contributed by atoms with E-state index < -0.39 is 5.97 Å². The average molecular weight is 169 g/mol. The summed E-state index contributed by atoms with van der Waals surface area (Å²) in [4.78, 5) is 12.3. The highest BCUT2D eigenvalue weighted by Crippen LogP contribution is 1.96. The number of rotatable bonds is 4. The predicted octanol–water partition coefficient (Wildman–Crippen LogP) is 0.662. The van der Waals surface area contributed by atoms with Gasteiger partial charge in [0.05, 0.1) is 12.5 Å². The Labute approximate surface area is 73.4 Å². The van der Waals surface area contributed by atoms with Crippen LogP contribution in [0.1, 0.15) is 13.8 Å². The van der Waals surface area contributed by atoms with Crippen molar-refractivity contribution in [2.45, 2.75) is 13.8 Å². The Balaban J connectivity index is 3.73. The van der Waals surface area contributed by atoms with E-state index in [4.69, 9.17) is 5.11 Å². The van der Waals surface area contributed by atoms with Gasteiger partial charge in [-0.1, -0.05) is 12.8 Å². The van der Waals surface area contributed by atoms with Crippen LogP contribution in [0.4, 0.5) is 0 Å². The molecule has 0 aromatic rings. The van der Waals surface area contributed by atoms with Gasteiger partial charge >= 0.3 is 5.97 Å². The van der Waals surface area contributed by atoms with Gasteiger partial charge in [-0.25, -0.2) is 0 Å². The van der Waals surface area contributed by atoms with Crippen LogP contribution in [0.15, 0.2) is 0 Å². The molecule has 0 aromatic carbocycles. The van der Waals surface area contributed by atoms with Crippen LogP contribution in [-0.2, 0) is 4.79 Å². The lowest BCUT2D eigenvalue weighted by molar-refractivity contribution is -0.141. The van der Waals surface area contributed by atoms with Crippen molar-refractivity contribution >= 4 is 5.97 Å². The third-order valence-electron chi connectivity index (χ3n) is 1.53. The second-order valence-corrected chi connectivity index (χ2v) is 2.86. The molecule has 12 heavy (non-hydrogen) atoms. The molecule has 0 rings (SSSR count). The third kappa shape index (κ3) is 4.75. The number of hydrogen-bond donors (Lipinski definition) is 1. The minimum absolute atomic E-state index is 0.325. The summed E-state index contributed by atoms with van der Waals surface area (Å²) in [6, 6.07) is 0. The maximum atomic E-state index is 10.4. The van der Waals surface area contributed by atoms with Crippen LogP contribution < -0.4 is 0 Å². The molecule has 0 aliphatic heterocycles. The SMILES string of the molecule is CC#CCN(C)CC(C)C(=O)O. The molecule has 1 N–H and O–H groups in total. The lowest BCUT2D eigenvalue weighted by Crippen LogP contribution is -2.28. The van der Waals surface area contributed by atoms with E-state index in [0.717, 1.165) is 0 Å². The zero-order valence-electron chi connectivity index (χ0n) is 7.79. The fourth-order valence-corrected chi connectivity index (χ4v) is 0.824. The van der Waals surface area contributed by atoms with E-state index in [9.17, 15) is 4.79 Å². The van der Waals surface area contributed by atoms with Crippen LogP contribution in [-0.4, -0.2) is 36.1 Å².